The summed E-state index contributed by atoms with van der Waals surface area (Å²) in [6.45, 7) is 6.21. The summed E-state index contributed by atoms with van der Waals surface area (Å²) in [6, 6.07) is 5.35. The number of benzene rings is 1. The molecule has 0 amide bonds. The third-order valence-corrected chi connectivity index (χ3v) is 5.18. The van der Waals surface area contributed by atoms with Crippen LogP contribution < -0.4 is 5.73 Å². The highest BCUT2D eigenvalue weighted by atomic mass is 32.1. The van der Waals surface area contributed by atoms with E-state index in [4.69, 9.17) is 10.7 Å². The van der Waals surface area contributed by atoms with Crippen LogP contribution in [0.1, 0.15) is 42.4 Å². The SMILES string of the molecule is Cc1ccc(-c2nc3c(s2)C(N)CC(C)(C)C3)cc1F. The van der Waals surface area contributed by atoms with Crippen LogP contribution in [0, 0.1) is 18.2 Å². The number of hydrogen-bond donors (Lipinski definition) is 1. The monoisotopic (exact) mass is 290 g/mol. The number of halogens is 1. The van der Waals surface area contributed by atoms with Crippen LogP contribution in [-0.4, -0.2) is 4.98 Å². The van der Waals surface area contributed by atoms with Gasteiger partial charge >= 0.3 is 0 Å². The highest BCUT2D eigenvalue weighted by Crippen LogP contribution is 2.43. The van der Waals surface area contributed by atoms with E-state index < -0.39 is 0 Å². The smallest absolute Gasteiger partial charge is 0.126 e. The van der Waals surface area contributed by atoms with Crippen LogP contribution in [0.5, 0.6) is 0 Å². The molecule has 0 aliphatic heterocycles. The second kappa shape index (κ2) is 4.64. The highest BCUT2D eigenvalue weighted by Gasteiger charge is 2.33. The summed E-state index contributed by atoms with van der Waals surface area (Å²) in [4.78, 5) is 5.88. The van der Waals surface area contributed by atoms with Crippen molar-refractivity contribution in [1.82, 2.24) is 4.98 Å². The molecule has 1 aromatic carbocycles. The fraction of sp³-hybridized carbons (Fsp3) is 0.438. The van der Waals surface area contributed by atoms with Gasteiger partial charge in [-0.2, -0.15) is 0 Å². The van der Waals surface area contributed by atoms with E-state index in [-0.39, 0.29) is 17.3 Å². The van der Waals surface area contributed by atoms with Gasteiger partial charge in [0.05, 0.1) is 5.69 Å². The lowest BCUT2D eigenvalue weighted by atomic mass is 9.77. The Balaban J connectivity index is 2.03. The van der Waals surface area contributed by atoms with Gasteiger partial charge in [0.2, 0.25) is 0 Å². The van der Waals surface area contributed by atoms with Crippen molar-refractivity contribution in [3.05, 3.63) is 40.2 Å². The number of rotatable bonds is 1. The zero-order chi connectivity index (χ0) is 14.5. The molecule has 0 fully saturated rings. The molecule has 20 heavy (non-hydrogen) atoms. The van der Waals surface area contributed by atoms with Gasteiger partial charge < -0.3 is 5.73 Å². The van der Waals surface area contributed by atoms with Crippen LogP contribution in [0.3, 0.4) is 0 Å². The van der Waals surface area contributed by atoms with E-state index >= 15 is 0 Å². The Morgan fingerprint density at radius 2 is 2.15 bits per heavy atom. The molecule has 2 nitrogen and oxygen atoms in total. The number of aromatic nitrogens is 1. The first kappa shape index (κ1) is 13.7. The van der Waals surface area contributed by atoms with Crippen molar-refractivity contribution in [2.45, 2.75) is 39.7 Å². The quantitative estimate of drug-likeness (QED) is 0.853. The molecule has 1 aromatic heterocycles. The molecule has 0 saturated heterocycles. The Morgan fingerprint density at radius 1 is 1.40 bits per heavy atom. The van der Waals surface area contributed by atoms with E-state index in [0.717, 1.165) is 29.1 Å². The molecule has 0 radical (unpaired) electrons. The zero-order valence-electron chi connectivity index (χ0n) is 12.0. The molecule has 0 bridgehead atoms. The van der Waals surface area contributed by atoms with Gasteiger partial charge in [0.25, 0.3) is 0 Å². The molecule has 2 aromatic rings. The van der Waals surface area contributed by atoms with Crippen LogP contribution in [0.2, 0.25) is 0 Å². The van der Waals surface area contributed by atoms with Gasteiger partial charge in [-0.1, -0.05) is 26.0 Å². The first-order valence-electron chi connectivity index (χ1n) is 6.87. The van der Waals surface area contributed by atoms with Gasteiger partial charge in [-0.25, -0.2) is 9.37 Å². The summed E-state index contributed by atoms with van der Waals surface area (Å²) in [7, 11) is 0. The van der Waals surface area contributed by atoms with E-state index in [0.29, 0.717) is 5.56 Å². The average molecular weight is 290 g/mol. The molecule has 0 saturated carbocycles. The third kappa shape index (κ3) is 2.38. The van der Waals surface area contributed by atoms with Crippen LogP contribution >= 0.6 is 11.3 Å². The van der Waals surface area contributed by atoms with Crippen molar-refractivity contribution in [2.75, 3.05) is 0 Å². The Morgan fingerprint density at radius 3 is 2.85 bits per heavy atom. The van der Waals surface area contributed by atoms with Gasteiger partial charge in [0, 0.05) is 16.5 Å². The standard InChI is InChI=1S/C16H19FN2S/c1-9-4-5-10(6-11(9)17)15-19-13-8-16(2,3)7-12(18)14(13)20-15/h4-6,12H,7-8,18H2,1-3H3. The van der Waals surface area contributed by atoms with E-state index in [1.54, 1.807) is 30.4 Å². The van der Waals surface area contributed by atoms with E-state index in [1.165, 1.54) is 4.88 Å². The van der Waals surface area contributed by atoms with Crippen molar-refractivity contribution in [2.24, 2.45) is 11.1 Å². The number of hydrogen-bond acceptors (Lipinski definition) is 3. The lowest BCUT2D eigenvalue weighted by molar-refractivity contribution is 0.282. The van der Waals surface area contributed by atoms with Crippen LogP contribution in [0.15, 0.2) is 18.2 Å². The van der Waals surface area contributed by atoms with Crippen molar-refractivity contribution < 1.29 is 4.39 Å². The summed E-state index contributed by atoms with van der Waals surface area (Å²) >= 11 is 1.61. The van der Waals surface area contributed by atoms with Gasteiger partial charge in [-0.05, 0) is 36.8 Å². The maximum atomic E-state index is 13.7. The molecule has 2 N–H and O–H groups in total. The summed E-state index contributed by atoms with van der Waals surface area (Å²) in [6.07, 6.45) is 1.92. The number of aryl methyl sites for hydroxylation is 1. The van der Waals surface area contributed by atoms with Crippen LogP contribution in [0.25, 0.3) is 10.6 Å². The van der Waals surface area contributed by atoms with Gasteiger partial charge in [0.1, 0.15) is 10.8 Å². The van der Waals surface area contributed by atoms with Crippen molar-refractivity contribution in [1.29, 1.82) is 0 Å². The Labute approximate surface area is 122 Å². The molecule has 1 aliphatic rings. The van der Waals surface area contributed by atoms with Crippen molar-refractivity contribution in [3.63, 3.8) is 0 Å². The minimum absolute atomic E-state index is 0.0512. The van der Waals surface area contributed by atoms with Crippen LogP contribution in [0.4, 0.5) is 4.39 Å². The van der Waals surface area contributed by atoms with Gasteiger partial charge in [-0.3, -0.25) is 0 Å². The molecule has 1 aliphatic carbocycles. The molecular weight excluding hydrogens is 271 g/mol. The Bertz CT molecular complexity index is 660. The first-order valence-corrected chi connectivity index (χ1v) is 7.69. The molecule has 4 heteroatoms. The fourth-order valence-electron chi connectivity index (χ4n) is 2.84. The number of thiazole rings is 1. The predicted octanol–water partition coefficient (Wildman–Crippen LogP) is 4.23. The molecule has 3 rings (SSSR count). The summed E-state index contributed by atoms with van der Waals surface area (Å²) in [5, 5.41) is 0.877. The molecule has 1 atom stereocenters. The Kier molecular flexibility index (Phi) is 3.18. The minimum atomic E-state index is -0.180. The summed E-state index contributed by atoms with van der Waals surface area (Å²) in [5.74, 6) is -0.180. The third-order valence-electron chi connectivity index (χ3n) is 3.90. The molecular formula is C16H19FN2S. The first-order chi connectivity index (χ1) is 9.35. The second-order valence-electron chi connectivity index (χ2n) is 6.45. The van der Waals surface area contributed by atoms with Gasteiger partial charge in [-0.15, -0.1) is 11.3 Å². The lowest BCUT2D eigenvalue weighted by Crippen LogP contribution is -2.28. The summed E-state index contributed by atoms with van der Waals surface area (Å²) < 4.78 is 13.7. The van der Waals surface area contributed by atoms with E-state index in [2.05, 4.69) is 13.8 Å². The maximum absolute atomic E-state index is 13.7. The average Bonchev–Trinajstić information content (AvgIpc) is 2.75. The maximum Gasteiger partial charge on any atom is 0.126 e. The van der Waals surface area contributed by atoms with Crippen molar-refractivity contribution >= 4 is 11.3 Å². The predicted molar refractivity (Wildman–Crippen MR) is 81.3 cm³/mol. The number of nitrogens with two attached hydrogens (primary N) is 1. The molecule has 106 valence electrons. The van der Waals surface area contributed by atoms with Gasteiger partial charge in [0.15, 0.2) is 0 Å². The second-order valence-corrected chi connectivity index (χ2v) is 7.48. The largest absolute Gasteiger partial charge is 0.323 e. The lowest BCUT2D eigenvalue weighted by Gasteiger charge is -2.32. The fourth-order valence-corrected chi connectivity index (χ4v) is 3.92. The number of nitrogens with zero attached hydrogens (tertiary/aromatic N) is 1. The zero-order valence-corrected chi connectivity index (χ0v) is 12.9. The topological polar surface area (TPSA) is 38.9 Å². The van der Waals surface area contributed by atoms with E-state index in [9.17, 15) is 4.39 Å². The summed E-state index contributed by atoms with van der Waals surface area (Å²) in [5.41, 5.74) is 9.05. The van der Waals surface area contributed by atoms with Crippen molar-refractivity contribution in [3.8, 4) is 10.6 Å². The molecule has 0 spiro atoms. The minimum Gasteiger partial charge on any atom is -0.323 e. The molecule has 1 heterocycles. The van der Waals surface area contributed by atoms with Crippen LogP contribution in [-0.2, 0) is 6.42 Å². The Hall–Kier alpha value is -1.26. The molecule has 1 unspecified atom stereocenters. The highest BCUT2D eigenvalue weighted by molar-refractivity contribution is 7.15. The normalized spacial score (nSPS) is 20.8. The number of fused-ring (bicyclic) bond motifs is 1. The van der Waals surface area contributed by atoms with E-state index in [1.807, 2.05) is 6.07 Å².